The van der Waals surface area contributed by atoms with Crippen molar-refractivity contribution < 1.29 is 19.1 Å². The number of allylic oxidation sites excluding steroid dienone is 1. The van der Waals surface area contributed by atoms with Crippen molar-refractivity contribution in [3.05, 3.63) is 41.1 Å². The van der Waals surface area contributed by atoms with Gasteiger partial charge >= 0.3 is 12.0 Å². The number of benzene rings is 1. The number of urea groups is 1. The summed E-state index contributed by atoms with van der Waals surface area (Å²) in [5, 5.41) is 8.39. The lowest BCUT2D eigenvalue weighted by Gasteiger charge is -2.30. The number of anilines is 1. The molecule has 0 radical (unpaired) electrons. The van der Waals surface area contributed by atoms with Crippen LogP contribution in [0.5, 0.6) is 0 Å². The van der Waals surface area contributed by atoms with E-state index < -0.39 is 12.0 Å². The zero-order chi connectivity index (χ0) is 21.5. The zero-order valence-electron chi connectivity index (χ0n) is 17.8. The Morgan fingerprint density at radius 3 is 2.43 bits per heavy atom. The van der Waals surface area contributed by atoms with E-state index in [4.69, 9.17) is 4.74 Å². The van der Waals surface area contributed by atoms with Crippen LogP contribution < -0.4 is 16.0 Å². The lowest BCUT2D eigenvalue weighted by Crippen LogP contribution is -2.46. The molecule has 1 fully saturated rings. The Labute approximate surface area is 177 Å². The van der Waals surface area contributed by atoms with E-state index in [-0.39, 0.29) is 11.9 Å². The minimum absolute atomic E-state index is 0.0712. The molecule has 1 aliphatic heterocycles. The van der Waals surface area contributed by atoms with Gasteiger partial charge in [0.15, 0.2) is 0 Å². The molecule has 3 rings (SSSR count). The number of hydrogen-bond acceptors (Lipinski definition) is 4. The minimum Gasteiger partial charge on any atom is -0.462 e. The highest BCUT2D eigenvalue weighted by Crippen LogP contribution is 2.30. The molecule has 1 atom stereocenters. The van der Waals surface area contributed by atoms with Crippen LogP contribution in [0.15, 0.2) is 35.5 Å². The summed E-state index contributed by atoms with van der Waals surface area (Å²) in [5.74, 6) is -0.0456. The number of hydrogen-bond donors (Lipinski definition) is 3. The van der Waals surface area contributed by atoms with Crippen molar-refractivity contribution in [1.29, 1.82) is 0 Å². The highest BCUT2D eigenvalue weighted by atomic mass is 16.5. The van der Waals surface area contributed by atoms with Crippen LogP contribution in [0.2, 0.25) is 0 Å². The SMILES string of the molecule is CCC(=O)Nc1ccc(C2NC(=O)NC(CC)=C2C(=O)OCC2CCCCC2)cc1. The number of carbonyl (C=O) groups is 3. The van der Waals surface area contributed by atoms with Crippen LogP contribution in [0.4, 0.5) is 10.5 Å². The van der Waals surface area contributed by atoms with Gasteiger partial charge in [-0.15, -0.1) is 0 Å². The van der Waals surface area contributed by atoms with Gasteiger partial charge in [-0.05, 0) is 42.9 Å². The van der Waals surface area contributed by atoms with Crippen molar-refractivity contribution >= 4 is 23.6 Å². The highest BCUT2D eigenvalue weighted by molar-refractivity contribution is 5.95. The van der Waals surface area contributed by atoms with Crippen molar-refractivity contribution in [2.45, 2.75) is 64.8 Å². The summed E-state index contributed by atoms with van der Waals surface area (Å²) in [6.07, 6.45) is 6.72. The van der Waals surface area contributed by atoms with E-state index >= 15 is 0 Å². The lowest BCUT2D eigenvalue weighted by molar-refractivity contribution is -0.141. The predicted molar refractivity (Wildman–Crippen MR) is 115 cm³/mol. The Hall–Kier alpha value is -2.83. The van der Waals surface area contributed by atoms with Gasteiger partial charge in [0.25, 0.3) is 0 Å². The van der Waals surface area contributed by atoms with E-state index in [0.29, 0.717) is 42.3 Å². The molecule has 1 aromatic rings. The van der Waals surface area contributed by atoms with E-state index in [1.165, 1.54) is 19.3 Å². The molecule has 1 aliphatic carbocycles. The van der Waals surface area contributed by atoms with Crippen molar-refractivity contribution in [3.63, 3.8) is 0 Å². The molecule has 0 aromatic heterocycles. The first-order valence-corrected chi connectivity index (χ1v) is 10.9. The standard InChI is InChI=1S/C23H31N3O4/c1-3-18-20(22(28)30-14-15-8-6-5-7-9-15)21(26-23(29)25-18)16-10-12-17(13-11-16)24-19(27)4-2/h10-13,15,21H,3-9,14H2,1-2H3,(H,24,27)(H2,25,26,29). The van der Waals surface area contributed by atoms with Gasteiger partial charge in [0, 0.05) is 17.8 Å². The molecule has 0 bridgehead atoms. The van der Waals surface area contributed by atoms with E-state index in [0.717, 1.165) is 18.4 Å². The molecule has 1 unspecified atom stereocenters. The molecule has 1 saturated carbocycles. The average Bonchev–Trinajstić information content (AvgIpc) is 2.78. The summed E-state index contributed by atoms with van der Waals surface area (Å²) in [6.45, 7) is 4.11. The highest BCUT2D eigenvalue weighted by Gasteiger charge is 2.33. The predicted octanol–water partition coefficient (Wildman–Crippen LogP) is 4.18. The van der Waals surface area contributed by atoms with E-state index in [9.17, 15) is 14.4 Å². The summed E-state index contributed by atoms with van der Waals surface area (Å²) >= 11 is 0. The second kappa shape index (κ2) is 10.3. The van der Waals surface area contributed by atoms with Gasteiger partial charge in [-0.25, -0.2) is 9.59 Å². The van der Waals surface area contributed by atoms with Crippen molar-refractivity contribution in [1.82, 2.24) is 10.6 Å². The maximum atomic E-state index is 13.0. The second-order valence-corrected chi connectivity index (χ2v) is 7.90. The van der Waals surface area contributed by atoms with Gasteiger partial charge in [-0.2, -0.15) is 0 Å². The summed E-state index contributed by atoms with van der Waals surface area (Å²) in [7, 11) is 0. The number of ether oxygens (including phenoxy) is 1. The maximum absolute atomic E-state index is 13.0. The number of rotatable bonds is 7. The van der Waals surface area contributed by atoms with Crippen LogP contribution in [0, 0.1) is 5.92 Å². The molecule has 2 aliphatic rings. The van der Waals surface area contributed by atoms with Crippen LogP contribution in [0.25, 0.3) is 0 Å². The van der Waals surface area contributed by atoms with E-state index in [1.807, 2.05) is 19.1 Å². The first kappa shape index (κ1) is 21.9. The Balaban J connectivity index is 1.79. The molecule has 162 valence electrons. The van der Waals surface area contributed by atoms with Gasteiger partial charge in [-0.3, -0.25) is 4.79 Å². The van der Waals surface area contributed by atoms with Crippen molar-refractivity contribution in [2.24, 2.45) is 5.92 Å². The topological polar surface area (TPSA) is 96.5 Å². The molecule has 1 aromatic carbocycles. The van der Waals surface area contributed by atoms with Crippen LogP contribution in [-0.4, -0.2) is 24.5 Å². The number of amides is 3. The molecule has 0 spiro atoms. The summed E-state index contributed by atoms with van der Waals surface area (Å²) in [5.41, 5.74) is 2.46. The maximum Gasteiger partial charge on any atom is 0.338 e. The summed E-state index contributed by atoms with van der Waals surface area (Å²) < 4.78 is 5.69. The molecule has 30 heavy (non-hydrogen) atoms. The number of nitrogens with one attached hydrogen (secondary N) is 3. The first-order chi connectivity index (χ1) is 14.5. The molecule has 3 amide bonds. The monoisotopic (exact) mass is 413 g/mol. The van der Waals surface area contributed by atoms with Crippen LogP contribution in [-0.2, 0) is 14.3 Å². The normalized spacial score (nSPS) is 19.7. The van der Waals surface area contributed by atoms with E-state index in [1.54, 1.807) is 19.1 Å². The fraction of sp³-hybridized carbons (Fsp3) is 0.522. The van der Waals surface area contributed by atoms with Crippen LogP contribution in [0.3, 0.4) is 0 Å². The second-order valence-electron chi connectivity index (χ2n) is 7.90. The van der Waals surface area contributed by atoms with Gasteiger partial charge < -0.3 is 20.7 Å². The minimum atomic E-state index is -0.594. The summed E-state index contributed by atoms with van der Waals surface area (Å²) in [6, 6.07) is 6.22. The fourth-order valence-electron chi connectivity index (χ4n) is 4.02. The fourth-order valence-corrected chi connectivity index (χ4v) is 4.02. The molecule has 0 saturated heterocycles. The van der Waals surface area contributed by atoms with Crippen LogP contribution in [0.1, 0.15) is 70.4 Å². The van der Waals surface area contributed by atoms with Gasteiger partial charge in [0.1, 0.15) is 0 Å². The Morgan fingerprint density at radius 1 is 1.10 bits per heavy atom. The Kier molecular flexibility index (Phi) is 7.49. The van der Waals surface area contributed by atoms with Gasteiger partial charge in [0.05, 0.1) is 18.2 Å². The number of esters is 1. The Bertz CT molecular complexity index is 810. The van der Waals surface area contributed by atoms with E-state index in [2.05, 4.69) is 16.0 Å². The smallest absolute Gasteiger partial charge is 0.338 e. The zero-order valence-corrected chi connectivity index (χ0v) is 17.8. The first-order valence-electron chi connectivity index (χ1n) is 10.9. The third-order valence-corrected chi connectivity index (χ3v) is 5.75. The van der Waals surface area contributed by atoms with Gasteiger partial charge in [-0.1, -0.05) is 45.2 Å². The number of carbonyl (C=O) groups excluding carboxylic acids is 3. The third-order valence-electron chi connectivity index (χ3n) is 5.75. The third kappa shape index (κ3) is 5.40. The molecular weight excluding hydrogens is 382 g/mol. The average molecular weight is 414 g/mol. The van der Waals surface area contributed by atoms with Crippen molar-refractivity contribution in [2.75, 3.05) is 11.9 Å². The summed E-state index contributed by atoms with van der Waals surface area (Å²) in [4.78, 5) is 36.8. The molecule has 3 N–H and O–H groups in total. The Morgan fingerprint density at radius 2 is 1.80 bits per heavy atom. The molecule has 1 heterocycles. The van der Waals surface area contributed by atoms with Crippen LogP contribution >= 0.6 is 0 Å². The molecular formula is C23H31N3O4. The molecule has 7 nitrogen and oxygen atoms in total. The van der Waals surface area contributed by atoms with Crippen molar-refractivity contribution in [3.8, 4) is 0 Å². The molecule has 7 heteroatoms. The van der Waals surface area contributed by atoms with Gasteiger partial charge in [0.2, 0.25) is 5.91 Å². The quantitative estimate of drug-likeness (QED) is 0.584. The lowest BCUT2D eigenvalue weighted by atomic mass is 9.90. The largest absolute Gasteiger partial charge is 0.462 e.